The zero-order chi connectivity index (χ0) is 13.9. The maximum Gasteiger partial charge on any atom is 0.386 e. The van der Waals surface area contributed by atoms with Crippen LogP contribution < -0.4 is 5.32 Å². The molecule has 0 amide bonds. The first-order valence-electron chi connectivity index (χ1n) is 6.52. The molecule has 2 heterocycles. The molecule has 1 saturated heterocycles. The standard InChI is InChI=1S/C13H20N4O2/c1-13(5-8-16(2)9-6-13)10-15-11-4-3-7-14-12(11)17(18)19/h3-4,7,15H,5-6,8-10H2,1-2H3. The van der Waals surface area contributed by atoms with E-state index < -0.39 is 4.92 Å². The molecule has 6 nitrogen and oxygen atoms in total. The highest BCUT2D eigenvalue weighted by Crippen LogP contribution is 2.31. The number of anilines is 1. The van der Waals surface area contributed by atoms with Crippen molar-refractivity contribution in [2.24, 2.45) is 5.41 Å². The Morgan fingerprint density at radius 3 is 2.84 bits per heavy atom. The fourth-order valence-corrected chi connectivity index (χ4v) is 2.32. The molecule has 104 valence electrons. The van der Waals surface area contributed by atoms with Gasteiger partial charge in [0.05, 0.1) is 0 Å². The van der Waals surface area contributed by atoms with Gasteiger partial charge in [0, 0.05) is 6.54 Å². The van der Waals surface area contributed by atoms with Crippen molar-refractivity contribution < 1.29 is 4.92 Å². The van der Waals surface area contributed by atoms with Crippen molar-refractivity contribution in [2.45, 2.75) is 19.8 Å². The molecule has 1 aliphatic rings. The molecule has 2 rings (SSSR count). The number of likely N-dealkylation sites (tertiary alicyclic amines) is 1. The summed E-state index contributed by atoms with van der Waals surface area (Å²) >= 11 is 0. The van der Waals surface area contributed by atoms with Gasteiger partial charge in [0.25, 0.3) is 0 Å². The number of aromatic nitrogens is 1. The van der Waals surface area contributed by atoms with Crippen LogP contribution in [-0.4, -0.2) is 41.5 Å². The summed E-state index contributed by atoms with van der Waals surface area (Å²) < 4.78 is 0. The maximum atomic E-state index is 10.9. The molecule has 0 unspecified atom stereocenters. The van der Waals surface area contributed by atoms with Crippen LogP contribution in [0.1, 0.15) is 19.8 Å². The Morgan fingerprint density at radius 2 is 2.21 bits per heavy atom. The molecule has 0 atom stereocenters. The fraction of sp³-hybridized carbons (Fsp3) is 0.615. The Kier molecular flexibility index (Phi) is 3.99. The first kappa shape index (κ1) is 13.7. The maximum absolute atomic E-state index is 10.9. The molecule has 1 fully saturated rings. The molecule has 0 aromatic carbocycles. The van der Waals surface area contributed by atoms with E-state index in [0.717, 1.165) is 32.5 Å². The van der Waals surface area contributed by atoms with E-state index in [4.69, 9.17) is 0 Å². The molecule has 0 spiro atoms. The van der Waals surface area contributed by atoms with Crippen LogP contribution in [-0.2, 0) is 0 Å². The summed E-state index contributed by atoms with van der Waals surface area (Å²) in [4.78, 5) is 16.6. The summed E-state index contributed by atoms with van der Waals surface area (Å²) in [5.74, 6) is -0.0981. The summed E-state index contributed by atoms with van der Waals surface area (Å²) in [6, 6.07) is 3.43. The lowest BCUT2D eigenvalue weighted by molar-refractivity contribution is -0.388. The number of nitrogens with one attached hydrogen (secondary N) is 1. The van der Waals surface area contributed by atoms with Gasteiger partial charge in [-0.1, -0.05) is 6.92 Å². The lowest BCUT2D eigenvalue weighted by Gasteiger charge is -2.38. The molecule has 0 aliphatic carbocycles. The van der Waals surface area contributed by atoms with Crippen molar-refractivity contribution in [1.29, 1.82) is 0 Å². The third-order valence-electron chi connectivity index (χ3n) is 3.86. The molecule has 1 aromatic rings. The second-order valence-electron chi connectivity index (χ2n) is 5.60. The van der Waals surface area contributed by atoms with Crippen molar-refractivity contribution in [1.82, 2.24) is 9.88 Å². The normalized spacial score (nSPS) is 19.1. The van der Waals surface area contributed by atoms with Gasteiger partial charge in [-0.3, -0.25) is 0 Å². The van der Waals surface area contributed by atoms with Crippen LogP contribution in [0.2, 0.25) is 0 Å². The second kappa shape index (κ2) is 5.52. The van der Waals surface area contributed by atoms with Gasteiger partial charge in [-0.2, -0.15) is 0 Å². The Hall–Kier alpha value is -1.69. The van der Waals surface area contributed by atoms with Crippen LogP contribution in [0.25, 0.3) is 0 Å². The number of hydrogen-bond acceptors (Lipinski definition) is 5. The average molecular weight is 264 g/mol. The third-order valence-corrected chi connectivity index (χ3v) is 3.86. The topological polar surface area (TPSA) is 71.3 Å². The number of pyridine rings is 1. The smallest absolute Gasteiger partial charge is 0.378 e. The molecule has 0 bridgehead atoms. The lowest BCUT2D eigenvalue weighted by Crippen LogP contribution is -2.40. The summed E-state index contributed by atoms with van der Waals surface area (Å²) in [5.41, 5.74) is 0.698. The quantitative estimate of drug-likeness (QED) is 0.666. The van der Waals surface area contributed by atoms with Crippen LogP contribution in [0.15, 0.2) is 18.3 Å². The summed E-state index contributed by atoms with van der Waals surface area (Å²) in [6.45, 7) is 5.13. The highest BCUT2D eigenvalue weighted by Gasteiger charge is 2.29. The zero-order valence-electron chi connectivity index (χ0n) is 11.4. The highest BCUT2D eigenvalue weighted by molar-refractivity contribution is 5.56. The monoisotopic (exact) mass is 264 g/mol. The van der Waals surface area contributed by atoms with Gasteiger partial charge < -0.3 is 20.3 Å². The highest BCUT2D eigenvalue weighted by atomic mass is 16.6. The molecule has 1 aliphatic heterocycles. The predicted molar refractivity (Wildman–Crippen MR) is 74.2 cm³/mol. The Bertz CT molecular complexity index is 456. The fourth-order valence-electron chi connectivity index (χ4n) is 2.32. The molecule has 0 radical (unpaired) electrons. The van der Waals surface area contributed by atoms with E-state index in [2.05, 4.69) is 29.2 Å². The number of nitrogens with zero attached hydrogens (tertiary/aromatic N) is 3. The van der Waals surface area contributed by atoms with E-state index >= 15 is 0 Å². The Labute approximate surface area is 113 Å². The minimum absolute atomic E-state index is 0.0981. The van der Waals surface area contributed by atoms with E-state index in [1.165, 1.54) is 6.20 Å². The van der Waals surface area contributed by atoms with Crippen LogP contribution in [0.3, 0.4) is 0 Å². The number of rotatable bonds is 4. The van der Waals surface area contributed by atoms with Crippen LogP contribution in [0.5, 0.6) is 0 Å². The number of nitro groups is 1. The largest absolute Gasteiger partial charge is 0.386 e. The number of hydrogen-bond donors (Lipinski definition) is 1. The molecule has 6 heteroatoms. The van der Waals surface area contributed by atoms with E-state index in [0.29, 0.717) is 5.69 Å². The van der Waals surface area contributed by atoms with Gasteiger partial charge in [0.1, 0.15) is 11.9 Å². The summed E-state index contributed by atoms with van der Waals surface area (Å²) in [7, 11) is 2.12. The zero-order valence-corrected chi connectivity index (χ0v) is 11.4. The van der Waals surface area contributed by atoms with E-state index in [9.17, 15) is 10.1 Å². The summed E-state index contributed by atoms with van der Waals surface area (Å²) in [6.07, 6.45) is 3.65. The minimum atomic E-state index is -0.445. The molecule has 1 aromatic heterocycles. The van der Waals surface area contributed by atoms with Crippen molar-refractivity contribution in [2.75, 3.05) is 32.0 Å². The van der Waals surface area contributed by atoms with Gasteiger partial charge in [-0.25, -0.2) is 0 Å². The number of piperidine rings is 1. The predicted octanol–water partition coefficient (Wildman–Crippen LogP) is 2.13. The van der Waals surface area contributed by atoms with Gasteiger partial charge >= 0.3 is 5.82 Å². The molecular weight excluding hydrogens is 244 g/mol. The molecule has 0 saturated carbocycles. The van der Waals surface area contributed by atoms with Crippen molar-refractivity contribution >= 4 is 11.5 Å². The van der Waals surface area contributed by atoms with Crippen molar-refractivity contribution in [3.8, 4) is 0 Å². The SMILES string of the molecule is CN1CCC(C)(CNc2cccnc2[N+](=O)[O-])CC1. The third kappa shape index (κ3) is 3.41. The molecule has 1 N–H and O–H groups in total. The van der Waals surface area contributed by atoms with E-state index in [1.54, 1.807) is 12.1 Å². The van der Waals surface area contributed by atoms with Gasteiger partial charge in [0.2, 0.25) is 0 Å². The summed E-state index contributed by atoms with van der Waals surface area (Å²) in [5, 5.41) is 14.1. The van der Waals surface area contributed by atoms with E-state index in [-0.39, 0.29) is 11.2 Å². The van der Waals surface area contributed by atoms with Gasteiger partial charge in [0.15, 0.2) is 0 Å². The first-order valence-corrected chi connectivity index (χ1v) is 6.52. The first-order chi connectivity index (χ1) is 9.00. The van der Waals surface area contributed by atoms with Gasteiger partial charge in [-0.15, -0.1) is 0 Å². The Balaban J connectivity index is 2.01. The van der Waals surface area contributed by atoms with E-state index in [1.807, 2.05) is 0 Å². The van der Waals surface area contributed by atoms with Crippen LogP contribution in [0.4, 0.5) is 11.5 Å². The van der Waals surface area contributed by atoms with Crippen LogP contribution in [0, 0.1) is 15.5 Å². The van der Waals surface area contributed by atoms with Crippen LogP contribution >= 0.6 is 0 Å². The second-order valence-corrected chi connectivity index (χ2v) is 5.60. The molecular formula is C13H20N4O2. The minimum Gasteiger partial charge on any atom is -0.378 e. The lowest BCUT2D eigenvalue weighted by atomic mass is 9.80. The molecule has 19 heavy (non-hydrogen) atoms. The van der Waals surface area contributed by atoms with Crippen molar-refractivity contribution in [3.05, 3.63) is 28.4 Å². The van der Waals surface area contributed by atoms with Crippen molar-refractivity contribution in [3.63, 3.8) is 0 Å². The Morgan fingerprint density at radius 1 is 1.53 bits per heavy atom. The average Bonchev–Trinajstić information content (AvgIpc) is 2.41. The van der Waals surface area contributed by atoms with Gasteiger partial charge in [-0.05, 0) is 60.4 Å².